The van der Waals surface area contributed by atoms with Crippen LogP contribution in [-0.4, -0.2) is 58.1 Å². The van der Waals surface area contributed by atoms with Gasteiger partial charge in [-0.3, -0.25) is 4.90 Å². The third kappa shape index (κ3) is 3.16. The van der Waals surface area contributed by atoms with Gasteiger partial charge in [0.1, 0.15) is 0 Å². The smallest absolute Gasteiger partial charge is 0.225 e. The number of rotatable bonds is 4. The zero-order valence-corrected chi connectivity index (χ0v) is 12.0. The van der Waals surface area contributed by atoms with Crippen molar-refractivity contribution in [3.63, 3.8) is 0 Å². The van der Waals surface area contributed by atoms with Crippen molar-refractivity contribution in [2.24, 2.45) is 10.9 Å². The van der Waals surface area contributed by atoms with E-state index in [-0.39, 0.29) is 11.9 Å². The van der Waals surface area contributed by atoms with E-state index in [9.17, 15) is 0 Å². The normalized spacial score (nSPS) is 19.1. The van der Waals surface area contributed by atoms with Crippen molar-refractivity contribution >= 4 is 11.8 Å². The highest BCUT2D eigenvalue weighted by molar-refractivity contribution is 5.85. The van der Waals surface area contributed by atoms with E-state index in [0.29, 0.717) is 0 Å². The van der Waals surface area contributed by atoms with Gasteiger partial charge in [-0.2, -0.15) is 0 Å². The fraction of sp³-hybridized carbons (Fsp3) is 0.615. The summed E-state index contributed by atoms with van der Waals surface area (Å²) in [5.74, 6) is 1.06. The van der Waals surface area contributed by atoms with E-state index >= 15 is 0 Å². The van der Waals surface area contributed by atoms with Crippen LogP contribution in [0.1, 0.15) is 19.0 Å². The Balaban J connectivity index is 1.98. The van der Waals surface area contributed by atoms with Crippen molar-refractivity contribution in [3.05, 3.63) is 18.0 Å². The highest BCUT2D eigenvalue weighted by atomic mass is 16.4. The molecule has 1 aliphatic heterocycles. The Bertz CT molecular complexity index is 470. The molecular weight excluding hydrogens is 256 g/mol. The molecule has 0 spiro atoms. The summed E-state index contributed by atoms with van der Waals surface area (Å²) in [6.45, 7) is 7.40. The fourth-order valence-electron chi connectivity index (χ4n) is 2.54. The third-order valence-corrected chi connectivity index (χ3v) is 3.66. The van der Waals surface area contributed by atoms with Crippen LogP contribution in [0.3, 0.4) is 0 Å². The van der Waals surface area contributed by atoms with Crippen molar-refractivity contribution in [1.29, 1.82) is 0 Å². The van der Waals surface area contributed by atoms with Crippen LogP contribution in [0.15, 0.2) is 17.4 Å². The lowest BCUT2D eigenvalue weighted by Crippen LogP contribution is -2.54. The lowest BCUT2D eigenvalue weighted by Gasteiger charge is -2.38. The van der Waals surface area contributed by atoms with Gasteiger partial charge in [0.2, 0.25) is 5.95 Å². The van der Waals surface area contributed by atoms with Gasteiger partial charge in [-0.25, -0.2) is 9.97 Å². The van der Waals surface area contributed by atoms with E-state index in [1.807, 2.05) is 19.9 Å². The number of hydrogen-bond donors (Lipinski definition) is 2. The second kappa shape index (κ2) is 6.51. The van der Waals surface area contributed by atoms with Crippen molar-refractivity contribution in [1.82, 2.24) is 14.9 Å². The maximum atomic E-state index is 8.83. The highest BCUT2D eigenvalue weighted by Gasteiger charge is 2.26. The molecule has 0 saturated carbocycles. The molecule has 2 rings (SSSR count). The number of amidine groups is 1. The van der Waals surface area contributed by atoms with Crippen LogP contribution >= 0.6 is 0 Å². The second-order valence-electron chi connectivity index (χ2n) is 4.97. The summed E-state index contributed by atoms with van der Waals surface area (Å²) in [4.78, 5) is 13.2. The number of aryl methyl sites for hydroxylation is 1. The van der Waals surface area contributed by atoms with Crippen molar-refractivity contribution in [2.45, 2.75) is 26.3 Å². The standard InChI is InChI=1S/C13H22N6O/c1-3-11(12(14)17-20)18-6-8-19(9-7-18)13-15-5-4-10(2)16-13/h4-5,11,20H,3,6-9H2,1-2H3,(H2,14,17). The summed E-state index contributed by atoms with van der Waals surface area (Å²) < 4.78 is 0. The monoisotopic (exact) mass is 278 g/mol. The van der Waals surface area contributed by atoms with Crippen LogP contribution in [-0.2, 0) is 0 Å². The van der Waals surface area contributed by atoms with E-state index in [1.54, 1.807) is 6.20 Å². The quantitative estimate of drug-likeness (QED) is 0.359. The van der Waals surface area contributed by atoms with Crippen molar-refractivity contribution < 1.29 is 5.21 Å². The minimum absolute atomic E-state index is 0.000535. The van der Waals surface area contributed by atoms with Gasteiger partial charge in [0.25, 0.3) is 0 Å². The van der Waals surface area contributed by atoms with Gasteiger partial charge < -0.3 is 15.8 Å². The summed E-state index contributed by atoms with van der Waals surface area (Å²) in [5, 5.41) is 12.0. The zero-order valence-electron chi connectivity index (χ0n) is 12.0. The molecule has 0 radical (unpaired) electrons. The van der Waals surface area contributed by atoms with E-state index in [0.717, 1.165) is 44.2 Å². The van der Waals surface area contributed by atoms with Crippen LogP contribution in [0.25, 0.3) is 0 Å². The molecule has 20 heavy (non-hydrogen) atoms. The molecule has 3 N–H and O–H groups in total. The molecule has 0 bridgehead atoms. The van der Waals surface area contributed by atoms with E-state index in [4.69, 9.17) is 10.9 Å². The number of anilines is 1. The average molecular weight is 278 g/mol. The van der Waals surface area contributed by atoms with Crippen molar-refractivity contribution in [2.75, 3.05) is 31.1 Å². The second-order valence-corrected chi connectivity index (χ2v) is 4.97. The Kier molecular flexibility index (Phi) is 4.73. The zero-order chi connectivity index (χ0) is 14.5. The summed E-state index contributed by atoms with van der Waals surface area (Å²) in [6.07, 6.45) is 2.62. The summed E-state index contributed by atoms with van der Waals surface area (Å²) in [7, 11) is 0. The first-order chi connectivity index (χ1) is 9.65. The number of hydrogen-bond acceptors (Lipinski definition) is 6. The van der Waals surface area contributed by atoms with E-state index in [1.165, 1.54) is 0 Å². The molecule has 1 fully saturated rings. The van der Waals surface area contributed by atoms with Gasteiger partial charge >= 0.3 is 0 Å². The van der Waals surface area contributed by atoms with Crippen LogP contribution < -0.4 is 10.6 Å². The van der Waals surface area contributed by atoms with Gasteiger partial charge in [-0.1, -0.05) is 12.1 Å². The third-order valence-electron chi connectivity index (χ3n) is 3.66. The van der Waals surface area contributed by atoms with E-state index < -0.39 is 0 Å². The molecule has 1 aromatic heterocycles. The molecule has 7 heteroatoms. The van der Waals surface area contributed by atoms with Gasteiger partial charge in [0, 0.05) is 38.1 Å². The van der Waals surface area contributed by atoms with Gasteiger partial charge in [-0.15, -0.1) is 0 Å². The predicted octanol–water partition coefficient (Wildman–Crippen LogP) is 0.432. The fourth-order valence-corrected chi connectivity index (χ4v) is 2.54. The molecule has 7 nitrogen and oxygen atoms in total. The molecule has 0 amide bonds. The maximum absolute atomic E-state index is 8.83. The predicted molar refractivity (Wildman–Crippen MR) is 78.0 cm³/mol. The lowest BCUT2D eigenvalue weighted by atomic mass is 10.1. The Morgan fingerprint density at radius 3 is 2.70 bits per heavy atom. The first-order valence-corrected chi connectivity index (χ1v) is 6.91. The Morgan fingerprint density at radius 1 is 1.45 bits per heavy atom. The first-order valence-electron chi connectivity index (χ1n) is 6.91. The maximum Gasteiger partial charge on any atom is 0.225 e. The van der Waals surface area contributed by atoms with Crippen LogP contribution in [0.2, 0.25) is 0 Å². The van der Waals surface area contributed by atoms with Gasteiger partial charge in [0.05, 0.1) is 6.04 Å². The Hall–Kier alpha value is -1.89. The minimum atomic E-state index is 0.000535. The molecule has 110 valence electrons. The van der Waals surface area contributed by atoms with Gasteiger partial charge in [0.15, 0.2) is 5.84 Å². The van der Waals surface area contributed by atoms with Crippen molar-refractivity contribution in [3.8, 4) is 0 Å². The summed E-state index contributed by atoms with van der Waals surface area (Å²) >= 11 is 0. The van der Waals surface area contributed by atoms with Crippen LogP contribution in [0.4, 0.5) is 5.95 Å². The van der Waals surface area contributed by atoms with Crippen LogP contribution in [0, 0.1) is 6.92 Å². The molecule has 2 heterocycles. The molecule has 1 aromatic rings. The molecule has 1 atom stereocenters. The Labute approximate surface area is 119 Å². The summed E-state index contributed by atoms with van der Waals surface area (Å²) in [6, 6.07) is 1.89. The molecular formula is C13H22N6O. The number of nitrogens with zero attached hydrogens (tertiary/aromatic N) is 5. The minimum Gasteiger partial charge on any atom is -0.409 e. The molecule has 0 aromatic carbocycles. The molecule has 1 unspecified atom stereocenters. The highest BCUT2D eigenvalue weighted by Crippen LogP contribution is 2.14. The molecule has 1 saturated heterocycles. The molecule has 0 aliphatic carbocycles. The topological polar surface area (TPSA) is 90.9 Å². The SMILES string of the molecule is CCC(C(N)=NO)N1CCN(c2nccc(C)n2)CC1. The number of piperazine rings is 1. The number of aromatic nitrogens is 2. The largest absolute Gasteiger partial charge is 0.409 e. The van der Waals surface area contributed by atoms with E-state index in [2.05, 4.69) is 24.9 Å². The lowest BCUT2D eigenvalue weighted by molar-refractivity contribution is 0.215. The number of nitrogens with two attached hydrogens (primary N) is 1. The molecule has 1 aliphatic rings. The number of oxime groups is 1. The summed E-state index contributed by atoms with van der Waals surface area (Å²) in [5.41, 5.74) is 6.72. The first kappa shape index (κ1) is 14.5. The average Bonchev–Trinajstić information content (AvgIpc) is 2.48. The van der Waals surface area contributed by atoms with Crippen LogP contribution in [0.5, 0.6) is 0 Å². The Morgan fingerprint density at radius 2 is 2.15 bits per heavy atom. The van der Waals surface area contributed by atoms with Gasteiger partial charge in [-0.05, 0) is 19.4 Å².